The number of hydrogen-bond acceptors (Lipinski definition) is 4. The van der Waals surface area contributed by atoms with Gasteiger partial charge in [-0.1, -0.05) is 99.9 Å². The van der Waals surface area contributed by atoms with Crippen LogP contribution in [0.25, 0.3) is 0 Å². The van der Waals surface area contributed by atoms with Gasteiger partial charge in [-0.15, -0.1) is 0 Å². The van der Waals surface area contributed by atoms with Gasteiger partial charge in [0, 0.05) is 5.92 Å². The lowest BCUT2D eigenvalue weighted by molar-refractivity contribution is 0.284. The molecule has 0 fully saturated rings. The first-order valence-corrected chi connectivity index (χ1v) is 10.2. The van der Waals surface area contributed by atoms with Gasteiger partial charge in [0.25, 0.3) is 6.02 Å². The Morgan fingerprint density at radius 2 is 1.48 bits per heavy atom. The van der Waals surface area contributed by atoms with Crippen molar-refractivity contribution in [2.24, 2.45) is 10.1 Å². The summed E-state index contributed by atoms with van der Waals surface area (Å²) >= 11 is 16.3. The molecule has 0 saturated heterocycles. The second-order valence-corrected chi connectivity index (χ2v) is 9.21. The second kappa shape index (κ2) is 9.61. The fourth-order valence-corrected chi connectivity index (χ4v) is 3.24. The molecule has 0 aliphatic rings. The molecular weight excluding hydrogens is 435 g/mol. The van der Waals surface area contributed by atoms with Crippen molar-refractivity contribution >= 4 is 51.1 Å². The van der Waals surface area contributed by atoms with Crippen LogP contribution in [0.2, 0.25) is 0 Å². The topological polar surface area (TPSA) is 91.0 Å². The normalized spacial score (nSPS) is 13.0. The molecule has 6 nitrogen and oxygen atoms in total. The number of ether oxygens (including phenoxy) is 1. The van der Waals surface area contributed by atoms with Crippen molar-refractivity contribution in [2.45, 2.75) is 9.71 Å². The third kappa shape index (κ3) is 7.94. The van der Waals surface area contributed by atoms with Crippen LogP contribution >= 0.6 is 34.8 Å². The minimum Gasteiger partial charge on any atom is -0.464 e. The van der Waals surface area contributed by atoms with E-state index in [4.69, 9.17) is 45.3 Å². The fraction of sp³-hybridized carbons (Fsp3) is 0.235. The summed E-state index contributed by atoms with van der Waals surface area (Å²) in [6.45, 7) is -0.628. The third-order valence-corrected chi connectivity index (χ3v) is 4.52. The number of rotatable bonds is 7. The number of hydrogen-bond donors (Lipinski definition) is 1. The maximum atomic E-state index is 11.7. The number of alkyl halides is 3. The van der Waals surface area contributed by atoms with Gasteiger partial charge < -0.3 is 10.5 Å². The average molecular weight is 452 g/mol. The van der Waals surface area contributed by atoms with E-state index in [0.717, 1.165) is 11.1 Å². The lowest BCUT2D eigenvalue weighted by Gasteiger charge is -2.18. The summed E-state index contributed by atoms with van der Waals surface area (Å²) in [7, 11) is -4.41. The maximum Gasteiger partial charge on any atom is 0.385 e. The highest BCUT2D eigenvalue weighted by atomic mass is 35.6. The van der Waals surface area contributed by atoms with Gasteiger partial charge in [0.15, 0.2) is 0 Å². The minimum absolute atomic E-state index is 0.0728. The zero-order chi connectivity index (χ0) is 19.9. The SMILES string of the molecule is N/C(=N\S(=O)(=O)OCC(Cl)(Cl)Cl)OCC(c1ccccc1)c1ccccc1. The molecule has 146 valence electrons. The number of nitrogens with zero attached hydrogens (tertiary/aromatic N) is 1. The molecule has 2 aromatic carbocycles. The predicted octanol–water partition coefficient (Wildman–Crippen LogP) is 3.78. The van der Waals surface area contributed by atoms with Crippen molar-refractivity contribution in [1.29, 1.82) is 0 Å². The van der Waals surface area contributed by atoms with Gasteiger partial charge in [0.2, 0.25) is 3.79 Å². The highest BCUT2D eigenvalue weighted by Crippen LogP contribution is 2.27. The molecule has 0 radical (unpaired) electrons. The van der Waals surface area contributed by atoms with E-state index in [2.05, 4.69) is 8.58 Å². The average Bonchev–Trinajstić information content (AvgIpc) is 2.61. The summed E-state index contributed by atoms with van der Waals surface area (Å²) < 4.78 is 34.6. The van der Waals surface area contributed by atoms with Gasteiger partial charge in [-0.2, -0.15) is 8.42 Å². The smallest absolute Gasteiger partial charge is 0.385 e. The van der Waals surface area contributed by atoms with Crippen LogP contribution in [0.3, 0.4) is 0 Å². The molecule has 0 atom stereocenters. The number of nitrogens with two attached hydrogens (primary N) is 1. The van der Waals surface area contributed by atoms with Gasteiger partial charge in [-0.05, 0) is 11.1 Å². The van der Waals surface area contributed by atoms with Crippen molar-refractivity contribution in [2.75, 3.05) is 13.2 Å². The molecule has 0 aromatic heterocycles. The van der Waals surface area contributed by atoms with E-state index in [1.54, 1.807) is 0 Å². The molecule has 0 bridgehead atoms. The van der Waals surface area contributed by atoms with Crippen LogP contribution in [0.1, 0.15) is 17.0 Å². The Morgan fingerprint density at radius 1 is 1.00 bits per heavy atom. The lowest BCUT2D eigenvalue weighted by atomic mass is 9.92. The zero-order valence-electron chi connectivity index (χ0n) is 14.0. The van der Waals surface area contributed by atoms with E-state index in [9.17, 15) is 8.42 Å². The molecule has 2 rings (SSSR count). The van der Waals surface area contributed by atoms with Gasteiger partial charge in [-0.3, -0.25) is 0 Å². The van der Waals surface area contributed by atoms with Gasteiger partial charge in [0.05, 0.1) is 0 Å². The van der Waals surface area contributed by atoms with E-state index in [1.807, 2.05) is 60.7 Å². The van der Waals surface area contributed by atoms with E-state index < -0.39 is 26.7 Å². The fourth-order valence-electron chi connectivity index (χ4n) is 2.23. The molecular formula is C17H17Cl3N2O4S. The number of benzene rings is 2. The third-order valence-electron chi connectivity index (χ3n) is 3.38. The first-order valence-electron chi connectivity index (χ1n) is 7.70. The van der Waals surface area contributed by atoms with Crippen molar-refractivity contribution in [3.8, 4) is 0 Å². The van der Waals surface area contributed by atoms with E-state index in [1.165, 1.54) is 0 Å². The largest absolute Gasteiger partial charge is 0.464 e. The van der Waals surface area contributed by atoms with Crippen LogP contribution < -0.4 is 5.73 Å². The van der Waals surface area contributed by atoms with E-state index in [0.29, 0.717) is 0 Å². The molecule has 0 heterocycles. The molecule has 0 amide bonds. The molecule has 0 unspecified atom stereocenters. The summed E-state index contributed by atoms with van der Waals surface area (Å²) in [6, 6.07) is 18.6. The summed E-state index contributed by atoms with van der Waals surface area (Å²) in [5, 5.41) is 0. The Kier molecular flexibility index (Phi) is 7.76. The Labute approximate surface area is 173 Å². The maximum absolute atomic E-state index is 11.7. The minimum atomic E-state index is -4.41. The van der Waals surface area contributed by atoms with Crippen LogP contribution in [0.15, 0.2) is 65.1 Å². The molecule has 2 N–H and O–H groups in total. The second-order valence-electron chi connectivity index (χ2n) is 5.42. The Hall–Kier alpha value is -1.51. The van der Waals surface area contributed by atoms with E-state index >= 15 is 0 Å². The summed E-state index contributed by atoms with van der Waals surface area (Å²) in [5.74, 6) is -0.175. The highest BCUT2D eigenvalue weighted by Gasteiger charge is 2.25. The molecule has 27 heavy (non-hydrogen) atoms. The van der Waals surface area contributed by atoms with Gasteiger partial charge in [0.1, 0.15) is 13.2 Å². The van der Waals surface area contributed by atoms with Crippen LogP contribution in [-0.4, -0.2) is 31.4 Å². The van der Waals surface area contributed by atoms with Crippen molar-refractivity contribution < 1.29 is 17.3 Å². The Balaban J connectivity index is 2.10. The molecule has 0 saturated carbocycles. The summed E-state index contributed by atoms with van der Waals surface area (Å²) in [6.07, 6.45) is 0. The molecule has 2 aromatic rings. The van der Waals surface area contributed by atoms with Crippen LogP contribution in [0.4, 0.5) is 0 Å². The van der Waals surface area contributed by atoms with Crippen LogP contribution in [-0.2, 0) is 19.2 Å². The first kappa shape index (κ1) is 21.8. The Morgan fingerprint density at radius 3 is 1.93 bits per heavy atom. The van der Waals surface area contributed by atoms with Crippen LogP contribution in [0, 0.1) is 0 Å². The first-order chi connectivity index (χ1) is 12.7. The summed E-state index contributed by atoms with van der Waals surface area (Å²) in [4.78, 5) is 0. The number of amidine groups is 1. The number of halogens is 3. The predicted molar refractivity (Wildman–Crippen MR) is 107 cm³/mol. The monoisotopic (exact) mass is 450 g/mol. The molecule has 0 spiro atoms. The van der Waals surface area contributed by atoms with Crippen molar-refractivity contribution in [3.05, 3.63) is 71.8 Å². The highest BCUT2D eigenvalue weighted by molar-refractivity contribution is 7.85. The van der Waals surface area contributed by atoms with Crippen LogP contribution in [0.5, 0.6) is 0 Å². The lowest BCUT2D eigenvalue weighted by Crippen LogP contribution is -2.24. The van der Waals surface area contributed by atoms with E-state index in [-0.39, 0.29) is 12.5 Å². The molecule has 0 aliphatic heterocycles. The summed E-state index contributed by atoms with van der Waals surface area (Å²) in [5.41, 5.74) is 7.53. The quantitative estimate of drug-likeness (QED) is 0.393. The van der Waals surface area contributed by atoms with Crippen molar-refractivity contribution in [1.82, 2.24) is 0 Å². The molecule has 10 heteroatoms. The zero-order valence-corrected chi connectivity index (χ0v) is 17.0. The van der Waals surface area contributed by atoms with Crippen molar-refractivity contribution in [3.63, 3.8) is 0 Å². The van der Waals surface area contributed by atoms with Gasteiger partial charge >= 0.3 is 10.3 Å². The molecule has 0 aliphatic carbocycles. The van der Waals surface area contributed by atoms with Gasteiger partial charge in [-0.25, -0.2) is 4.18 Å². The standard InChI is InChI=1S/C17H17Cl3N2O4S/c18-17(19,20)12-26-27(23,24)22-16(21)25-11-15(13-7-3-1-4-8-13)14-9-5-2-6-10-14/h1-10,15H,11-12H2,(H2,21,22). The Bertz CT molecular complexity index is 817.